The summed E-state index contributed by atoms with van der Waals surface area (Å²) in [6.45, 7) is 2.81. The summed E-state index contributed by atoms with van der Waals surface area (Å²) < 4.78 is 49.8. The van der Waals surface area contributed by atoms with Crippen molar-refractivity contribution in [1.29, 1.82) is 0 Å². The van der Waals surface area contributed by atoms with Gasteiger partial charge in [-0.1, -0.05) is 18.2 Å². The van der Waals surface area contributed by atoms with Crippen molar-refractivity contribution in [3.8, 4) is 17.2 Å². The molecule has 8 nitrogen and oxygen atoms in total. The molecule has 0 saturated carbocycles. The molecule has 166 valence electrons. The minimum absolute atomic E-state index is 0.0122. The highest BCUT2D eigenvalue weighted by molar-refractivity contribution is 7.89. The van der Waals surface area contributed by atoms with Gasteiger partial charge in [0.25, 0.3) is 0 Å². The average molecular weight is 447 g/mol. The highest BCUT2D eigenvalue weighted by Crippen LogP contribution is 2.34. The molecule has 3 aliphatic heterocycles. The standard InChI is InChI=1S/C22H26N2O6S/c1-27-18-5-2-16(3-6-18)12-24-19-13-23(14-22(19)28-8-9-31(24,25)26)11-17-4-7-20-21(10-17)30-15-29-20/h2-7,10,19,22H,8-9,11-15H2,1H3/t19-,22+/m1/s1. The first kappa shape index (κ1) is 20.6. The molecule has 2 fully saturated rings. The van der Waals surface area contributed by atoms with Crippen LogP contribution in [-0.2, 0) is 27.8 Å². The van der Waals surface area contributed by atoms with Crippen LogP contribution in [0, 0.1) is 0 Å². The lowest BCUT2D eigenvalue weighted by molar-refractivity contribution is 0.0458. The molecule has 3 aliphatic rings. The van der Waals surface area contributed by atoms with E-state index in [1.807, 2.05) is 42.5 Å². The predicted octanol–water partition coefficient (Wildman–Crippen LogP) is 1.84. The monoisotopic (exact) mass is 446 g/mol. The van der Waals surface area contributed by atoms with Crippen molar-refractivity contribution in [2.75, 3.05) is 39.4 Å². The Morgan fingerprint density at radius 2 is 1.77 bits per heavy atom. The molecule has 0 N–H and O–H groups in total. The van der Waals surface area contributed by atoms with Crippen molar-refractivity contribution in [2.45, 2.75) is 25.2 Å². The van der Waals surface area contributed by atoms with Gasteiger partial charge in [0.05, 0.1) is 31.6 Å². The maximum absolute atomic E-state index is 13.0. The molecule has 0 spiro atoms. The minimum Gasteiger partial charge on any atom is -0.497 e. The highest BCUT2D eigenvalue weighted by Gasteiger charge is 2.44. The van der Waals surface area contributed by atoms with E-state index in [-0.39, 0.29) is 31.3 Å². The molecule has 0 unspecified atom stereocenters. The van der Waals surface area contributed by atoms with Crippen molar-refractivity contribution in [1.82, 2.24) is 9.21 Å². The molecular formula is C22H26N2O6S. The summed E-state index contributed by atoms with van der Waals surface area (Å²) >= 11 is 0. The fraction of sp³-hybridized carbons (Fsp3) is 0.455. The van der Waals surface area contributed by atoms with Crippen LogP contribution in [0.3, 0.4) is 0 Å². The van der Waals surface area contributed by atoms with Crippen molar-refractivity contribution in [2.24, 2.45) is 0 Å². The number of fused-ring (bicyclic) bond motifs is 2. The topological polar surface area (TPSA) is 77.5 Å². The highest BCUT2D eigenvalue weighted by atomic mass is 32.2. The molecule has 0 aromatic heterocycles. The number of likely N-dealkylation sites (tertiary alicyclic amines) is 1. The van der Waals surface area contributed by atoms with Crippen LogP contribution in [-0.4, -0.2) is 69.1 Å². The van der Waals surface area contributed by atoms with E-state index < -0.39 is 10.0 Å². The van der Waals surface area contributed by atoms with Crippen LogP contribution in [0.25, 0.3) is 0 Å². The number of rotatable bonds is 5. The molecule has 0 bridgehead atoms. The number of hydrogen-bond donors (Lipinski definition) is 0. The van der Waals surface area contributed by atoms with Crippen LogP contribution in [0.4, 0.5) is 0 Å². The zero-order valence-electron chi connectivity index (χ0n) is 17.4. The van der Waals surface area contributed by atoms with Crippen molar-refractivity contribution in [3.05, 3.63) is 53.6 Å². The molecule has 3 heterocycles. The van der Waals surface area contributed by atoms with Gasteiger partial charge in [-0.3, -0.25) is 4.90 Å². The SMILES string of the molecule is COc1ccc(CN2[C@@H]3CN(Cc4ccc5c(c4)OCO5)C[C@@H]3OCCS2(=O)=O)cc1. The second-order valence-electron chi connectivity index (χ2n) is 8.07. The Bertz CT molecular complexity index is 1040. The maximum atomic E-state index is 13.0. The van der Waals surface area contributed by atoms with Crippen molar-refractivity contribution in [3.63, 3.8) is 0 Å². The molecule has 2 atom stereocenters. The van der Waals surface area contributed by atoms with Crippen LogP contribution < -0.4 is 14.2 Å². The van der Waals surface area contributed by atoms with Crippen LogP contribution in [0.15, 0.2) is 42.5 Å². The van der Waals surface area contributed by atoms with Gasteiger partial charge in [-0.15, -0.1) is 0 Å². The van der Waals surface area contributed by atoms with Crippen molar-refractivity contribution < 1.29 is 27.4 Å². The van der Waals surface area contributed by atoms with E-state index in [2.05, 4.69) is 4.90 Å². The second kappa shape index (κ2) is 8.31. The van der Waals surface area contributed by atoms with Crippen LogP contribution in [0.5, 0.6) is 17.2 Å². The van der Waals surface area contributed by atoms with Gasteiger partial charge in [0, 0.05) is 26.2 Å². The van der Waals surface area contributed by atoms with Gasteiger partial charge in [0.1, 0.15) is 5.75 Å². The quantitative estimate of drug-likeness (QED) is 0.694. The predicted molar refractivity (Wildman–Crippen MR) is 114 cm³/mol. The fourth-order valence-electron chi connectivity index (χ4n) is 4.45. The Morgan fingerprint density at radius 3 is 2.58 bits per heavy atom. The van der Waals surface area contributed by atoms with Crippen LogP contribution in [0.2, 0.25) is 0 Å². The van der Waals surface area contributed by atoms with E-state index in [1.165, 1.54) is 0 Å². The van der Waals surface area contributed by atoms with E-state index in [4.69, 9.17) is 18.9 Å². The first-order valence-electron chi connectivity index (χ1n) is 10.4. The largest absolute Gasteiger partial charge is 0.497 e. The third kappa shape index (κ3) is 4.23. The van der Waals surface area contributed by atoms with E-state index in [1.54, 1.807) is 11.4 Å². The second-order valence-corrected chi connectivity index (χ2v) is 10.1. The molecule has 2 aromatic carbocycles. The summed E-state index contributed by atoms with van der Waals surface area (Å²) in [4.78, 5) is 2.24. The summed E-state index contributed by atoms with van der Waals surface area (Å²) in [5.41, 5.74) is 2.03. The first-order valence-corrected chi connectivity index (χ1v) is 12.0. The minimum atomic E-state index is -3.42. The van der Waals surface area contributed by atoms with E-state index in [9.17, 15) is 8.42 Å². The van der Waals surface area contributed by atoms with Gasteiger partial charge in [0.15, 0.2) is 11.5 Å². The number of methoxy groups -OCH3 is 1. The molecule has 0 radical (unpaired) electrons. The number of benzene rings is 2. The first-order chi connectivity index (χ1) is 15.0. The number of hydrogen-bond acceptors (Lipinski definition) is 7. The van der Waals surface area contributed by atoms with Gasteiger partial charge in [-0.25, -0.2) is 8.42 Å². The van der Waals surface area contributed by atoms with Gasteiger partial charge >= 0.3 is 0 Å². The maximum Gasteiger partial charge on any atom is 0.231 e. The molecule has 5 rings (SSSR count). The fourth-order valence-corrected chi connectivity index (χ4v) is 5.96. The molecule has 2 aromatic rings. The van der Waals surface area contributed by atoms with Gasteiger partial charge < -0.3 is 18.9 Å². The Hall–Kier alpha value is -2.33. The summed E-state index contributed by atoms with van der Waals surface area (Å²) in [5, 5.41) is 0. The average Bonchev–Trinajstić information content (AvgIpc) is 3.36. The Kier molecular flexibility index (Phi) is 5.51. The lowest BCUT2D eigenvalue weighted by Crippen LogP contribution is -2.45. The molecule has 9 heteroatoms. The van der Waals surface area contributed by atoms with E-state index >= 15 is 0 Å². The normalized spacial score (nSPS) is 25.2. The zero-order valence-corrected chi connectivity index (χ0v) is 18.2. The summed E-state index contributed by atoms with van der Waals surface area (Å²) in [6.07, 6.45) is -0.149. The smallest absolute Gasteiger partial charge is 0.231 e. The Labute approximate surface area is 182 Å². The van der Waals surface area contributed by atoms with E-state index in [0.717, 1.165) is 28.4 Å². The third-order valence-corrected chi connectivity index (χ3v) is 7.85. The van der Waals surface area contributed by atoms with Crippen LogP contribution in [0.1, 0.15) is 11.1 Å². The Morgan fingerprint density at radius 1 is 1.00 bits per heavy atom. The third-order valence-electron chi connectivity index (χ3n) is 6.05. The van der Waals surface area contributed by atoms with Crippen molar-refractivity contribution >= 4 is 10.0 Å². The lowest BCUT2D eigenvalue weighted by Gasteiger charge is -2.28. The molecule has 0 amide bonds. The molecular weight excluding hydrogens is 420 g/mol. The summed E-state index contributed by atoms with van der Waals surface area (Å²) in [5.74, 6) is 2.28. The molecule has 0 aliphatic carbocycles. The van der Waals surface area contributed by atoms with Gasteiger partial charge in [-0.2, -0.15) is 4.31 Å². The molecule has 31 heavy (non-hydrogen) atoms. The number of ether oxygens (including phenoxy) is 4. The van der Waals surface area contributed by atoms with Gasteiger partial charge in [-0.05, 0) is 35.4 Å². The number of nitrogens with zero attached hydrogens (tertiary/aromatic N) is 2. The number of sulfonamides is 1. The summed E-state index contributed by atoms with van der Waals surface area (Å²) in [6, 6.07) is 13.2. The zero-order chi connectivity index (χ0) is 21.4. The van der Waals surface area contributed by atoms with Gasteiger partial charge in [0.2, 0.25) is 16.8 Å². The Balaban J connectivity index is 1.34. The van der Waals surface area contributed by atoms with E-state index in [0.29, 0.717) is 26.2 Å². The lowest BCUT2D eigenvalue weighted by atomic mass is 10.1. The van der Waals surface area contributed by atoms with Crippen LogP contribution >= 0.6 is 0 Å². The summed E-state index contributed by atoms with van der Waals surface area (Å²) in [7, 11) is -1.80. The molecule has 2 saturated heterocycles.